The van der Waals surface area contributed by atoms with Crippen molar-refractivity contribution in [3.63, 3.8) is 0 Å². The summed E-state index contributed by atoms with van der Waals surface area (Å²) >= 11 is 0. The number of allylic oxidation sites excluding steroid dienone is 4. The Hall–Kier alpha value is -7.16. The highest BCUT2D eigenvalue weighted by Gasteiger charge is 2.19. The normalized spacial score (nSPS) is 14.3. The number of rotatable bonds is 13. The first-order valence-electron chi connectivity index (χ1n) is 24.0. The molecular weight excluding hydrogens is 809 g/mol. The second-order valence-corrected chi connectivity index (χ2v) is 20.2. The monoisotopic (exact) mass is 875 g/mol. The standard InChI is InChI=1S/C65H66N2/c1-48(2)55-42-54(43-57(47-55)65(6,7)8)33-32-53-20-17-27-63(46-53)67(59-23-13-10-14-24-59)62-26-16-19-52(45-62)31-30-51-18-15-25-61(44-51)66(58-21-11-9-12-22-58)60-40-36-50(37-41-60)29-28-49-34-38-56(39-35-49)64(3,4)5/h9-17,19-48,51H,18H2,1-8H3/b29-28+,31-30+,33-32+. The number of anilines is 5. The molecule has 0 fully saturated rings. The molecule has 0 saturated carbocycles. The number of hydrogen-bond donors (Lipinski definition) is 0. The molecule has 2 heteroatoms. The van der Waals surface area contributed by atoms with Crippen LogP contribution >= 0.6 is 0 Å². The Morgan fingerprint density at radius 1 is 0.433 bits per heavy atom. The van der Waals surface area contributed by atoms with Crippen LogP contribution in [0.2, 0.25) is 0 Å². The predicted molar refractivity (Wildman–Crippen MR) is 293 cm³/mol. The molecule has 2 nitrogen and oxygen atoms in total. The highest BCUT2D eigenvalue weighted by Crippen LogP contribution is 2.37. The smallest absolute Gasteiger partial charge is 0.0467 e. The zero-order valence-electron chi connectivity index (χ0n) is 40.7. The Labute approximate surface area is 401 Å². The van der Waals surface area contributed by atoms with Crippen molar-refractivity contribution in [2.45, 2.75) is 78.6 Å². The van der Waals surface area contributed by atoms with Gasteiger partial charge in [0.2, 0.25) is 0 Å². The van der Waals surface area contributed by atoms with E-state index in [1.165, 1.54) is 33.4 Å². The fraction of sp³-hybridized carbons (Fsp3) is 0.200. The van der Waals surface area contributed by atoms with Gasteiger partial charge in [-0.1, -0.05) is 219 Å². The average Bonchev–Trinajstić information content (AvgIpc) is 3.33. The van der Waals surface area contributed by atoms with Crippen molar-refractivity contribution in [3.8, 4) is 0 Å². The van der Waals surface area contributed by atoms with Crippen LogP contribution in [0, 0.1) is 5.92 Å². The molecule has 7 aromatic rings. The van der Waals surface area contributed by atoms with E-state index in [1.807, 2.05) is 0 Å². The van der Waals surface area contributed by atoms with Crippen LogP contribution in [0.4, 0.5) is 28.4 Å². The maximum Gasteiger partial charge on any atom is 0.0467 e. The van der Waals surface area contributed by atoms with Gasteiger partial charge in [0.25, 0.3) is 0 Å². The van der Waals surface area contributed by atoms with Crippen molar-refractivity contribution >= 4 is 58.8 Å². The van der Waals surface area contributed by atoms with Gasteiger partial charge in [0.05, 0.1) is 0 Å². The molecule has 1 atom stereocenters. The Morgan fingerprint density at radius 2 is 0.925 bits per heavy atom. The van der Waals surface area contributed by atoms with E-state index in [2.05, 4.69) is 296 Å². The lowest BCUT2D eigenvalue weighted by Gasteiger charge is -2.29. The molecule has 0 amide bonds. The molecule has 0 aliphatic heterocycles. The maximum atomic E-state index is 2.40. The molecule has 1 aliphatic carbocycles. The van der Waals surface area contributed by atoms with Gasteiger partial charge < -0.3 is 9.80 Å². The van der Waals surface area contributed by atoms with Gasteiger partial charge in [-0.2, -0.15) is 0 Å². The van der Waals surface area contributed by atoms with Crippen LogP contribution < -0.4 is 9.80 Å². The van der Waals surface area contributed by atoms with Gasteiger partial charge in [-0.15, -0.1) is 0 Å². The first-order chi connectivity index (χ1) is 32.3. The first-order valence-corrected chi connectivity index (χ1v) is 24.0. The minimum atomic E-state index is 0.0803. The summed E-state index contributed by atoms with van der Waals surface area (Å²) in [5, 5.41) is 0. The summed E-state index contributed by atoms with van der Waals surface area (Å²) in [6, 6.07) is 63.9. The van der Waals surface area contributed by atoms with E-state index >= 15 is 0 Å². The molecule has 0 aromatic heterocycles. The van der Waals surface area contributed by atoms with Gasteiger partial charge in [0, 0.05) is 40.1 Å². The average molecular weight is 875 g/mol. The molecule has 0 spiro atoms. The minimum Gasteiger partial charge on any atom is -0.311 e. The summed E-state index contributed by atoms with van der Waals surface area (Å²) in [7, 11) is 0. The number of benzene rings is 7. The predicted octanol–water partition coefficient (Wildman–Crippen LogP) is 18.5. The quantitative estimate of drug-likeness (QED) is 0.107. The van der Waals surface area contributed by atoms with E-state index in [4.69, 9.17) is 0 Å². The molecule has 1 aliphatic rings. The van der Waals surface area contributed by atoms with Gasteiger partial charge >= 0.3 is 0 Å². The summed E-state index contributed by atoms with van der Waals surface area (Å²) in [6.07, 6.45) is 21.5. The molecule has 8 rings (SSSR count). The number of nitrogens with zero attached hydrogens (tertiary/aromatic N) is 2. The van der Waals surface area contributed by atoms with Gasteiger partial charge in [0.1, 0.15) is 0 Å². The molecule has 67 heavy (non-hydrogen) atoms. The van der Waals surface area contributed by atoms with Gasteiger partial charge in [-0.3, -0.25) is 0 Å². The van der Waals surface area contributed by atoms with Crippen molar-refractivity contribution in [2.75, 3.05) is 9.80 Å². The fourth-order valence-corrected chi connectivity index (χ4v) is 8.54. The third kappa shape index (κ3) is 12.0. The van der Waals surface area contributed by atoms with Crippen LogP contribution in [-0.2, 0) is 10.8 Å². The molecule has 0 bridgehead atoms. The van der Waals surface area contributed by atoms with Crippen molar-refractivity contribution in [1.82, 2.24) is 0 Å². The van der Waals surface area contributed by atoms with E-state index in [-0.39, 0.29) is 16.7 Å². The molecule has 336 valence electrons. The molecule has 1 unspecified atom stereocenters. The summed E-state index contributed by atoms with van der Waals surface area (Å²) in [6.45, 7) is 18.2. The SMILES string of the molecule is CC(C)c1cc(/C=C/c2cccc(N(c3ccccc3)c3cccc(/C=C/C4C=C(N(c5ccccc5)c5ccc(/C=C/c6ccc(C(C)(C)C)cc6)cc5)C=CC4)c3)c2)cc(C(C)(C)C)c1. The molecule has 0 N–H and O–H groups in total. The molecule has 7 aromatic carbocycles. The lowest BCUT2D eigenvalue weighted by atomic mass is 9.83. The van der Waals surface area contributed by atoms with Gasteiger partial charge in [-0.25, -0.2) is 0 Å². The molecule has 0 radical (unpaired) electrons. The first kappa shape index (κ1) is 46.4. The number of hydrogen-bond acceptors (Lipinski definition) is 2. The van der Waals surface area contributed by atoms with Gasteiger partial charge in [-0.05, 0) is 134 Å². The van der Waals surface area contributed by atoms with Crippen molar-refractivity contribution in [1.29, 1.82) is 0 Å². The van der Waals surface area contributed by atoms with Crippen LogP contribution in [0.1, 0.15) is 112 Å². The second-order valence-electron chi connectivity index (χ2n) is 20.2. The highest BCUT2D eigenvalue weighted by molar-refractivity contribution is 5.81. The fourth-order valence-electron chi connectivity index (χ4n) is 8.54. The Kier molecular flexibility index (Phi) is 14.2. The lowest BCUT2D eigenvalue weighted by molar-refractivity contribution is 0.588. The topological polar surface area (TPSA) is 6.48 Å². The Bertz CT molecular complexity index is 2890. The zero-order valence-corrected chi connectivity index (χ0v) is 40.7. The van der Waals surface area contributed by atoms with E-state index in [9.17, 15) is 0 Å². The van der Waals surface area contributed by atoms with Crippen molar-refractivity contribution in [2.24, 2.45) is 5.92 Å². The number of para-hydroxylation sites is 2. The van der Waals surface area contributed by atoms with E-state index in [0.717, 1.165) is 51.7 Å². The van der Waals surface area contributed by atoms with E-state index < -0.39 is 0 Å². The van der Waals surface area contributed by atoms with Crippen LogP contribution in [0.15, 0.2) is 206 Å². The maximum absolute atomic E-state index is 2.40. The molecular formula is C65H66N2. The van der Waals surface area contributed by atoms with Crippen LogP contribution in [-0.4, -0.2) is 0 Å². The van der Waals surface area contributed by atoms with Crippen molar-refractivity contribution < 1.29 is 0 Å². The minimum absolute atomic E-state index is 0.0803. The largest absolute Gasteiger partial charge is 0.311 e. The third-order valence-corrected chi connectivity index (χ3v) is 12.5. The zero-order chi connectivity index (χ0) is 47.0. The molecule has 0 heterocycles. The van der Waals surface area contributed by atoms with Crippen LogP contribution in [0.25, 0.3) is 30.4 Å². The van der Waals surface area contributed by atoms with E-state index in [1.54, 1.807) is 0 Å². The highest BCUT2D eigenvalue weighted by atomic mass is 15.1. The Morgan fingerprint density at radius 3 is 1.49 bits per heavy atom. The summed E-state index contributed by atoms with van der Waals surface area (Å²) in [5.74, 6) is 0.698. The van der Waals surface area contributed by atoms with E-state index in [0.29, 0.717) is 5.92 Å². The summed E-state index contributed by atoms with van der Waals surface area (Å²) in [5.41, 5.74) is 17.0. The summed E-state index contributed by atoms with van der Waals surface area (Å²) < 4.78 is 0. The summed E-state index contributed by atoms with van der Waals surface area (Å²) in [4.78, 5) is 4.72. The lowest BCUT2D eigenvalue weighted by Crippen LogP contribution is -2.17. The third-order valence-electron chi connectivity index (χ3n) is 12.5. The van der Waals surface area contributed by atoms with Crippen LogP contribution in [0.3, 0.4) is 0 Å². The Balaban J connectivity index is 1.03. The second kappa shape index (κ2) is 20.6. The molecule has 0 saturated heterocycles. The van der Waals surface area contributed by atoms with Crippen molar-refractivity contribution in [3.05, 3.63) is 250 Å². The van der Waals surface area contributed by atoms with Gasteiger partial charge in [0.15, 0.2) is 0 Å². The van der Waals surface area contributed by atoms with Crippen LogP contribution in [0.5, 0.6) is 0 Å².